The molecule has 1 N–H and O–H groups in total. The van der Waals surface area contributed by atoms with Crippen LogP contribution in [-0.2, 0) is 4.79 Å². The Balaban J connectivity index is 1.45. The molecule has 2 bridgehead atoms. The number of furan rings is 1. The van der Waals surface area contributed by atoms with E-state index in [9.17, 15) is 4.79 Å². The van der Waals surface area contributed by atoms with Gasteiger partial charge >= 0.3 is 0 Å². The van der Waals surface area contributed by atoms with Crippen molar-refractivity contribution in [3.05, 3.63) is 51.6 Å². The third kappa shape index (κ3) is 4.65. The lowest BCUT2D eigenvalue weighted by atomic mass is 9.94. The monoisotopic (exact) mass is 497 g/mol. The van der Waals surface area contributed by atoms with Crippen molar-refractivity contribution in [2.75, 3.05) is 6.61 Å². The molecule has 1 amide bonds. The SMILES string of the molecule is O=C1C(=Cc2oc(-c3ccc(Cl)cc3)cc2C#CCCCO)SC(=S)N1C1CC2CCC1C2. The summed E-state index contributed by atoms with van der Waals surface area (Å²) in [6.45, 7) is 0.106. The summed E-state index contributed by atoms with van der Waals surface area (Å²) in [6.07, 6.45) is 7.74. The second-order valence-corrected chi connectivity index (χ2v) is 10.9. The van der Waals surface area contributed by atoms with E-state index in [2.05, 4.69) is 11.8 Å². The van der Waals surface area contributed by atoms with Gasteiger partial charge in [-0.25, -0.2) is 0 Å². The summed E-state index contributed by atoms with van der Waals surface area (Å²) in [7, 11) is 0. The third-order valence-corrected chi connectivity index (χ3v) is 8.27. The number of hydrogen-bond acceptors (Lipinski definition) is 5. The van der Waals surface area contributed by atoms with Gasteiger partial charge in [-0.3, -0.25) is 9.69 Å². The number of aliphatic hydroxyl groups excluding tert-OH is 1. The number of rotatable bonds is 5. The van der Waals surface area contributed by atoms with Crippen LogP contribution in [0.25, 0.3) is 17.4 Å². The lowest BCUT2D eigenvalue weighted by Gasteiger charge is -2.30. The second-order valence-electron chi connectivity index (χ2n) is 8.82. The number of nitrogens with zero attached hydrogens (tertiary/aromatic N) is 1. The summed E-state index contributed by atoms with van der Waals surface area (Å²) < 4.78 is 6.80. The first-order chi connectivity index (χ1) is 16.0. The Morgan fingerprint density at radius 1 is 1.27 bits per heavy atom. The van der Waals surface area contributed by atoms with Crippen molar-refractivity contribution in [3.8, 4) is 23.2 Å². The van der Waals surface area contributed by atoms with Crippen LogP contribution < -0.4 is 0 Å². The molecular formula is C26H24ClNO3S2. The van der Waals surface area contributed by atoms with Gasteiger partial charge in [0.05, 0.1) is 10.5 Å². The van der Waals surface area contributed by atoms with Crippen molar-refractivity contribution in [2.45, 2.75) is 44.6 Å². The first-order valence-electron chi connectivity index (χ1n) is 11.3. The van der Waals surface area contributed by atoms with Crippen LogP contribution in [-0.4, -0.2) is 32.9 Å². The van der Waals surface area contributed by atoms with Crippen LogP contribution in [0, 0.1) is 23.7 Å². The number of aliphatic hydroxyl groups is 1. The number of halogens is 1. The van der Waals surface area contributed by atoms with Gasteiger partial charge < -0.3 is 9.52 Å². The molecule has 3 fully saturated rings. The van der Waals surface area contributed by atoms with Gasteiger partial charge in [0.2, 0.25) is 0 Å². The first kappa shape index (κ1) is 22.7. The molecule has 1 aliphatic heterocycles. The molecule has 4 nitrogen and oxygen atoms in total. The molecule has 5 rings (SSSR count). The minimum atomic E-state index is -0.0221. The van der Waals surface area contributed by atoms with Crippen LogP contribution >= 0.6 is 35.6 Å². The Morgan fingerprint density at radius 2 is 2.09 bits per heavy atom. The lowest BCUT2D eigenvalue weighted by molar-refractivity contribution is -0.124. The van der Waals surface area contributed by atoms with Crippen LogP contribution in [0.5, 0.6) is 0 Å². The Bertz CT molecular complexity index is 1170. The van der Waals surface area contributed by atoms with Crippen LogP contribution in [0.4, 0.5) is 0 Å². The van der Waals surface area contributed by atoms with Gasteiger partial charge in [0, 0.05) is 41.8 Å². The van der Waals surface area contributed by atoms with Crippen molar-refractivity contribution in [1.29, 1.82) is 0 Å². The van der Waals surface area contributed by atoms with E-state index >= 15 is 0 Å². The molecule has 2 aliphatic carbocycles. The number of benzene rings is 1. The summed E-state index contributed by atoms with van der Waals surface area (Å²) in [6, 6.07) is 9.53. The largest absolute Gasteiger partial charge is 0.455 e. The summed E-state index contributed by atoms with van der Waals surface area (Å²) in [5.74, 6) is 8.73. The van der Waals surface area contributed by atoms with Gasteiger partial charge in [0.25, 0.3) is 5.91 Å². The van der Waals surface area contributed by atoms with Gasteiger partial charge in [0.15, 0.2) is 0 Å². The molecule has 0 spiro atoms. The molecule has 170 valence electrons. The number of hydrogen-bond donors (Lipinski definition) is 1. The van der Waals surface area contributed by atoms with Gasteiger partial charge in [-0.05, 0) is 61.8 Å². The van der Waals surface area contributed by atoms with Crippen molar-refractivity contribution < 1.29 is 14.3 Å². The number of fused-ring (bicyclic) bond motifs is 2. The first-order valence-corrected chi connectivity index (χ1v) is 12.9. The highest BCUT2D eigenvalue weighted by Crippen LogP contribution is 2.49. The lowest BCUT2D eigenvalue weighted by Crippen LogP contribution is -2.41. The molecule has 7 heteroatoms. The van der Waals surface area contributed by atoms with Gasteiger partial charge in [-0.1, -0.05) is 53.8 Å². The van der Waals surface area contributed by atoms with Crippen molar-refractivity contribution in [2.24, 2.45) is 11.8 Å². The van der Waals surface area contributed by atoms with Crippen LogP contribution in [0.1, 0.15) is 49.8 Å². The van der Waals surface area contributed by atoms with E-state index in [1.54, 1.807) is 6.08 Å². The second kappa shape index (κ2) is 9.68. The molecule has 2 saturated carbocycles. The van der Waals surface area contributed by atoms with E-state index in [1.165, 1.54) is 31.0 Å². The molecule has 2 aromatic rings. The number of carbonyl (C=O) groups excluding carboxylic acids is 1. The number of unbranched alkanes of at least 4 members (excludes halogenated alkanes) is 1. The zero-order chi connectivity index (χ0) is 22.9. The molecule has 1 aromatic carbocycles. The topological polar surface area (TPSA) is 53.7 Å². The maximum atomic E-state index is 13.3. The summed E-state index contributed by atoms with van der Waals surface area (Å²) >= 11 is 13.0. The minimum absolute atomic E-state index is 0.0221. The Kier molecular flexibility index (Phi) is 6.67. The fraction of sp³-hybridized carbons (Fsp3) is 0.385. The molecule has 1 saturated heterocycles. The molecule has 2 heterocycles. The zero-order valence-corrected chi connectivity index (χ0v) is 20.4. The highest BCUT2D eigenvalue weighted by molar-refractivity contribution is 8.26. The van der Waals surface area contributed by atoms with Gasteiger partial charge in [-0.15, -0.1) is 0 Å². The average Bonchev–Trinajstić information content (AvgIpc) is 3.57. The highest BCUT2D eigenvalue weighted by atomic mass is 35.5. The summed E-state index contributed by atoms with van der Waals surface area (Å²) in [4.78, 5) is 15.8. The van der Waals surface area contributed by atoms with Gasteiger partial charge in [0.1, 0.15) is 15.8 Å². The normalized spacial score (nSPS) is 25.2. The van der Waals surface area contributed by atoms with Crippen LogP contribution in [0.15, 0.2) is 39.7 Å². The molecular weight excluding hydrogens is 474 g/mol. The number of amides is 1. The van der Waals surface area contributed by atoms with Crippen molar-refractivity contribution in [1.82, 2.24) is 4.90 Å². The molecule has 1 aromatic heterocycles. The predicted molar refractivity (Wildman–Crippen MR) is 137 cm³/mol. The fourth-order valence-corrected chi connectivity index (χ4v) is 6.57. The van der Waals surface area contributed by atoms with E-state index in [0.717, 1.165) is 17.9 Å². The fourth-order valence-electron chi connectivity index (χ4n) is 5.10. The Hall–Kier alpha value is -2.04. The predicted octanol–water partition coefficient (Wildman–Crippen LogP) is 6.11. The quantitative estimate of drug-likeness (QED) is 0.233. The number of carbonyl (C=O) groups is 1. The highest BCUT2D eigenvalue weighted by Gasteiger charge is 2.48. The summed E-state index contributed by atoms with van der Waals surface area (Å²) in [5.41, 5.74) is 1.59. The molecule has 0 radical (unpaired) electrons. The minimum Gasteiger partial charge on any atom is -0.455 e. The third-order valence-electron chi connectivity index (χ3n) is 6.69. The van der Waals surface area contributed by atoms with Crippen molar-refractivity contribution >= 4 is 51.9 Å². The van der Waals surface area contributed by atoms with E-state index in [0.29, 0.717) is 50.1 Å². The van der Waals surface area contributed by atoms with E-state index in [1.807, 2.05) is 35.2 Å². The molecule has 33 heavy (non-hydrogen) atoms. The Labute approximate surface area is 208 Å². The average molecular weight is 498 g/mol. The van der Waals surface area contributed by atoms with E-state index in [-0.39, 0.29) is 18.6 Å². The van der Waals surface area contributed by atoms with E-state index in [4.69, 9.17) is 33.3 Å². The van der Waals surface area contributed by atoms with Crippen molar-refractivity contribution in [3.63, 3.8) is 0 Å². The summed E-state index contributed by atoms with van der Waals surface area (Å²) in [5, 5.41) is 9.68. The smallest absolute Gasteiger partial charge is 0.266 e. The molecule has 3 atom stereocenters. The number of thiocarbonyl (C=S) groups is 1. The van der Waals surface area contributed by atoms with Crippen LogP contribution in [0.2, 0.25) is 5.02 Å². The van der Waals surface area contributed by atoms with E-state index < -0.39 is 0 Å². The maximum Gasteiger partial charge on any atom is 0.266 e. The Morgan fingerprint density at radius 3 is 2.79 bits per heavy atom. The number of thioether (sulfide) groups is 1. The molecule has 3 unspecified atom stereocenters. The maximum absolute atomic E-state index is 13.3. The standard InChI is InChI=1S/C26H24ClNO3S2/c27-20-9-7-17(8-10-20)22-14-19(4-2-1-3-11-29)23(31-22)15-24-25(30)28(26(32)33-24)21-13-16-5-6-18(21)12-16/h7-10,14-16,18,21,29H,1,3,5-6,11-13H2. The molecule has 3 aliphatic rings. The van der Waals surface area contributed by atoms with Gasteiger partial charge in [-0.2, -0.15) is 0 Å². The zero-order valence-electron chi connectivity index (χ0n) is 18.1. The van der Waals surface area contributed by atoms with Crippen LogP contribution in [0.3, 0.4) is 0 Å².